The first-order valence-electron chi connectivity index (χ1n) is 7.80. The summed E-state index contributed by atoms with van der Waals surface area (Å²) in [7, 11) is 0. The van der Waals surface area contributed by atoms with Crippen LogP contribution >= 0.6 is 0 Å². The molecule has 0 bridgehead atoms. The zero-order valence-electron chi connectivity index (χ0n) is 12.1. The number of nitrogens with zero attached hydrogens (tertiary/aromatic N) is 1. The lowest BCUT2D eigenvalue weighted by Crippen LogP contribution is -2.41. The Morgan fingerprint density at radius 1 is 1.00 bits per heavy atom. The van der Waals surface area contributed by atoms with E-state index in [9.17, 15) is 0 Å². The quantitative estimate of drug-likeness (QED) is 0.767. The second kappa shape index (κ2) is 5.07. The number of nitrogens with two attached hydrogens (primary N) is 1. The van der Waals surface area contributed by atoms with E-state index in [0.717, 1.165) is 5.69 Å². The number of hydrogen-bond donors (Lipinski definition) is 1. The van der Waals surface area contributed by atoms with Crippen molar-refractivity contribution >= 4 is 11.4 Å². The first-order valence-corrected chi connectivity index (χ1v) is 7.80. The molecule has 2 N–H and O–H groups in total. The SMILES string of the molecule is Cc1ccc(N)cc1N1CCC2(CCCCC2)CC1. The molecule has 0 radical (unpaired) electrons. The molecule has 1 aromatic rings. The predicted molar refractivity (Wildman–Crippen MR) is 82.6 cm³/mol. The van der Waals surface area contributed by atoms with Crippen molar-refractivity contribution in [2.45, 2.75) is 51.9 Å². The normalized spacial score (nSPS) is 22.7. The molecular formula is C17H26N2. The summed E-state index contributed by atoms with van der Waals surface area (Å²) < 4.78 is 0. The molecule has 1 aliphatic heterocycles. The number of hydrogen-bond acceptors (Lipinski definition) is 2. The summed E-state index contributed by atoms with van der Waals surface area (Å²) in [6.45, 7) is 4.62. The summed E-state index contributed by atoms with van der Waals surface area (Å²) in [6, 6.07) is 6.30. The first-order chi connectivity index (χ1) is 9.19. The van der Waals surface area contributed by atoms with Crippen molar-refractivity contribution in [3.8, 4) is 0 Å². The molecule has 0 amide bonds. The van der Waals surface area contributed by atoms with Crippen LogP contribution in [0.15, 0.2) is 18.2 Å². The molecule has 3 rings (SSSR count). The zero-order chi connectivity index (χ0) is 13.3. The van der Waals surface area contributed by atoms with Gasteiger partial charge < -0.3 is 10.6 Å². The van der Waals surface area contributed by atoms with Crippen LogP contribution in [0.5, 0.6) is 0 Å². The molecule has 1 aliphatic carbocycles. The Hall–Kier alpha value is -1.18. The fourth-order valence-corrected chi connectivity index (χ4v) is 3.99. The van der Waals surface area contributed by atoms with Crippen LogP contribution in [-0.2, 0) is 0 Å². The molecule has 1 spiro atoms. The third-order valence-electron chi connectivity index (χ3n) is 5.31. The van der Waals surface area contributed by atoms with E-state index in [1.807, 2.05) is 6.07 Å². The minimum atomic E-state index is 0.684. The van der Waals surface area contributed by atoms with Crippen LogP contribution in [0.1, 0.15) is 50.5 Å². The fraction of sp³-hybridized carbons (Fsp3) is 0.647. The first kappa shape index (κ1) is 12.8. The lowest BCUT2D eigenvalue weighted by atomic mass is 9.68. The van der Waals surface area contributed by atoms with Crippen LogP contribution in [0.2, 0.25) is 0 Å². The smallest absolute Gasteiger partial charge is 0.0416 e. The molecule has 2 aliphatic rings. The van der Waals surface area contributed by atoms with Crippen LogP contribution in [0.25, 0.3) is 0 Å². The Labute approximate surface area is 117 Å². The minimum Gasteiger partial charge on any atom is -0.399 e. The minimum absolute atomic E-state index is 0.684. The molecule has 1 aromatic carbocycles. The fourth-order valence-electron chi connectivity index (χ4n) is 3.99. The van der Waals surface area contributed by atoms with Gasteiger partial charge in [0.05, 0.1) is 0 Å². The summed E-state index contributed by atoms with van der Waals surface area (Å²) in [5.74, 6) is 0. The van der Waals surface area contributed by atoms with Gasteiger partial charge in [0.1, 0.15) is 0 Å². The highest BCUT2D eigenvalue weighted by Gasteiger charge is 2.35. The molecule has 1 saturated heterocycles. The highest BCUT2D eigenvalue weighted by atomic mass is 15.1. The maximum atomic E-state index is 5.94. The topological polar surface area (TPSA) is 29.3 Å². The van der Waals surface area contributed by atoms with E-state index in [2.05, 4.69) is 24.0 Å². The van der Waals surface area contributed by atoms with Crippen molar-refractivity contribution in [3.05, 3.63) is 23.8 Å². The molecule has 1 saturated carbocycles. The maximum absolute atomic E-state index is 5.94. The third kappa shape index (κ3) is 2.58. The van der Waals surface area contributed by atoms with E-state index in [1.165, 1.54) is 69.3 Å². The highest BCUT2D eigenvalue weighted by Crippen LogP contribution is 2.45. The molecule has 0 aromatic heterocycles. The van der Waals surface area contributed by atoms with Gasteiger partial charge in [-0.25, -0.2) is 0 Å². The van der Waals surface area contributed by atoms with Crippen LogP contribution in [0.3, 0.4) is 0 Å². The second-order valence-corrected chi connectivity index (χ2v) is 6.59. The van der Waals surface area contributed by atoms with Gasteiger partial charge in [-0.05, 0) is 55.7 Å². The molecule has 1 heterocycles. The molecule has 2 heteroatoms. The van der Waals surface area contributed by atoms with Gasteiger partial charge in [-0.15, -0.1) is 0 Å². The Kier molecular flexibility index (Phi) is 3.42. The third-order valence-corrected chi connectivity index (χ3v) is 5.31. The molecule has 0 unspecified atom stereocenters. The van der Waals surface area contributed by atoms with Crippen LogP contribution in [-0.4, -0.2) is 13.1 Å². The Morgan fingerprint density at radius 3 is 2.37 bits per heavy atom. The average Bonchev–Trinajstić information content (AvgIpc) is 2.44. The van der Waals surface area contributed by atoms with Crippen molar-refractivity contribution in [1.82, 2.24) is 0 Å². The van der Waals surface area contributed by atoms with Gasteiger partial charge in [0.15, 0.2) is 0 Å². The Bertz CT molecular complexity index is 437. The largest absolute Gasteiger partial charge is 0.399 e. The standard InChI is InChI=1S/C17H26N2/c1-14-5-6-15(18)13-16(14)19-11-9-17(10-12-19)7-3-2-4-8-17/h5-6,13H,2-4,7-12,18H2,1H3. The molecule has 2 fully saturated rings. The number of anilines is 2. The van der Waals surface area contributed by atoms with Crippen LogP contribution in [0, 0.1) is 12.3 Å². The molecular weight excluding hydrogens is 232 g/mol. The van der Waals surface area contributed by atoms with Gasteiger partial charge in [0.2, 0.25) is 0 Å². The van der Waals surface area contributed by atoms with Crippen molar-refractivity contribution in [1.29, 1.82) is 0 Å². The van der Waals surface area contributed by atoms with Gasteiger partial charge in [-0.1, -0.05) is 25.3 Å². The summed E-state index contributed by atoms with van der Waals surface area (Å²) >= 11 is 0. The van der Waals surface area contributed by atoms with Gasteiger partial charge >= 0.3 is 0 Å². The number of benzene rings is 1. The second-order valence-electron chi connectivity index (χ2n) is 6.59. The summed E-state index contributed by atoms with van der Waals surface area (Å²) in [6.07, 6.45) is 10.1. The lowest BCUT2D eigenvalue weighted by Gasteiger charge is -2.45. The van der Waals surface area contributed by atoms with E-state index in [4.69, 9.17) is 5.73 Å². The van der Waals surface area contributed by atoms with Crippen molar-refractivity contribution in [2.75, 3.05) is 23.7 Å². The summed E-state index contributed by atoms with van der Waals surface area (Å²) in [5.41, 5.74) is 10.2. The predicted octanol–water partition coefficient (Wildman–Crippen LogP) is 4.13. The van der Waals surface area contributed by atoms with Gasteiger partial charge in [-0.3, -0.25) is 0 Å². The number of piperidine rings is 1. The van der Waals surface area contributed by atoms with Crippen molar-refractivity contribution in [2.24, 2.45) is 5.41 Å². The highest BCUT2D eigenvalue weighted by molar-refractivity contribution is 5.61. The monoisotopic (exact) mass is 258 g/mol. The Morgan fingerprint density at radius 2 is 1.68 bits per heavy atom. The molecule has 2 nitrogen and oxygen atoms in total. The van der Waals surface area contributed by atoms with E-state index < -0.39 is 0 Å². The van der Waals surface area contributed by atoms with E-state index in [1.54, 1.807) is 0 Å². The summed E-state index contributed by atoms with van der Waals surface area (Å²) in [4.78, 5) is 2.55. The van der Waals surface area contributed by atoms with E-state index in [-0.39, 0.29) is 0 Å². The lowest BCUT2D eigenvalue weighted by molar-refractivity contribution is 0.144. The summed E-state index contributed by atoms with van der Waals surface area (Å²) in [5, 5.41) is 0. The van der Waals surface area contributed by atoms with Crippen molar-refractivity contribution < 1.29 is 0 Å². The Balaban J connectivity index is 1.71. The molecule has 19 heavy (non-hydrogen) atoms. The number of rotatable bonds is 1. The number of nitrogen functional groups attached to an aromatic ring is 1. The van der Waals surface area contributed by atoms with Crippen LogP contribution in [0.4, 0.5) is 11.4 Å². The zero-order valence-corrected chi connectivity index (χ0v) is 12.1. The van der Waals surface area contributed by atoms with Crippen LogP contribution < -0.4 is 10.6 Å². The van der Waals surface area contributed by atoms with Gasteiger partial charge in [0, 0.05) is 24.5 Å². The maximum Gasteiger partial charge on any atom is 0.0416 e. The van der Waals surface area contributed by atoms with E-state index >= 15 is 0 Å². The van der Waals surface area contributed by atoms with Gasteiger partial charge in [0.25, 0.3) is 0 Å². The molecule has 104 valence electrons. The molecule has 0 atom stereocenters. The van der Waals surface area contributed by atoms with Crippen molar-refractivity contribution in [3.63, 3.8) is 0 Å². The average molecular weight is 258 g/mol. The number of aryl methyl sites for hydroxylation is 1. The van der Waals surface area contributed by atoms with Gasteiger partial charge in [-0.2, -0.15) is 0 Å². The van der Waals surface area contributed by atoms with E-state index in [0.29, 0.717) is 5.41 Å².